The number of para-hydroxylation sites is 1. The summed E-state index contributed by atoms with van der Waals surface area (Å²) in [4.78, 5) is 5.28. The van der Waals surface area contributed by atoms with Crippen molar-refractivity contribution in [2.45, 2.75) is 25.3 Å². The first-order chi connectivity index (χ1) is 8.40. The molecule has 4 rings (SSSR count). The lowest BCUT2D eigenvalue weighted by Crippen LogP contribution is -2.59. The molecule has 90 valence electrons. The molecule has 0 unspecified atom stereocenters. The van der Waals surface area contributed by atoms with Crippen LogP contribution in [0.5, 0.6) is 0 Å². The van der Waals surface area contributed by atoms with E-state index in [1.165, 1.54) is 51.1 Å². The van der Waals surface area contributed by atoms with Crippen LogP contribution in [0.15, 0.2) is 24.3 Å². The molecule has 0 amide bonds. The van der Waals surface area contributed by atoms with Gasteiger partial charge < -0.3 is 4.90 Å². The molecule has 1 saturated heterocycles. The van der Waals surface area contributed by atoms with Crippen molar-refractivity contribution in [1.82, 2.24) is 4.90 Å². The highest BCUT2D eigenvalue weighted by Crippen LogP contribution is 2.35. The van der Waals surface area contributed by atoms with Crippen molar-refractivity contribution in [2.75, 3.05) is 31.1 Å². The number of benzene rings is 1. The maximum atomic E-state index is 2.64. The maximum Gasteiger partial charge on any atom is 0.0544 e. The topological polar surface area (TPSA) is 6.48 Å². The summed E-state index contributed by atoms with van der Waals surface area (Å²) in [7, 11) is 0. The highest BCUT2D eigenvalue weighted by molar-refractivity contribution is 5.59. The Morgan fingerprint density at radius 3 is 2.76 bits per heavy atom. The van der Waals surface area contributed by atoms with Crippen LogP contribution in [0.2, 0.25) is 0 Å². The Kier molecular flexibility index (Phi) is 2.19. The quantitative estimate of drug-likeness (QED) is 0.782. The van der Waals surface area contributed by atoms with Crippen LogP contribution in [-0.2, 0) is 6.42 Å². The minimum absolute atomic E-state index is 0.789. The number of hydrogen-bond donors (Lipinski definition) is 0. The lowest BCUT2D eigenvalue weighted by Gasteiger charge is -2.45. The molecule has 3 aliphatic rings. The lowest BCUT2D eigenvalue weighted by molar-refractivity contribution is 0.139. The van der Waals surface area contributed by atoms with Gasteiger partial charge in [0.25, 0.3) is 0 Å². The van der Waals surface area contributed by atoms with Crippen molar-refractivity contribution in [1.29, 1.82) is 0 Å². The molecule has 17 heavy (non-hydrogen) atoms. The van der Waals surface area contributed by atoms with Gasteiger partial charge in [0, 0.05) is 31.9 Å². The van der Waals surface area contributed by atoms with Gasteiger partial charge in [0.05, 0.1) is 6.04 Å². The van der Waals surface area contributed by atoms with Gasteiger partial charge >= 0.3 is 0 Å². The van der Waals surface area contributed by atoms with Crippen LogP contribution in [0.4, 0.5) is 5.69 Å². The zero-order valence-corrected chi connectivity index (χ0v) is 10.3. The molecule has 0 bridgehead atoms. The summed E-state index contributed by atoms with van der Waals surface area (Å²) >= 11 is 0. The van der Waals surface area contributed by atoms with Gasteiger partial charge in [-0.3, -0.25) is 4.90 Å². The fraction of sp³-hybridized carbons (Fsp3) is 0.600. The largest absolute Gasteiger partial charge is 0.365 e. The summed E-state index contributed by atoms with van der Waals surface area (Å²) in [6.07, 6.45) is 4.21. The first-order valence-corrected chi connectivity index (χ1v) is 6.97. The SMILES string of the molecule is c1ccc2c(c1)CCN2C1CN(CC2CC2)C1. The minimum atomic E-state index is 0.789. The standard InChI is InChI=1S/C15H20N2/c1-2-4-15-13(3-1)7-8-17(15)14-10-16(11-14)9-12-5-6-12/h1-4,12,14H,5-11H2. The van der Waals surface area contributed by atoms with E-state index in [1.807, 2.05) is 0 Å². The highest BCUT2D eigenvalue weighted by atomic mass is 15.3. The number of hydrogen-bond acceptors (Lipinski definition) is 2. The lowest BCUT2D eigenvalue weighted by atomic mass is 10.1. The van der Waals surface area contributed by atoms with Gasteiger partial charge in [-0.05, 0) is 36.8 Å². The summed E-state index contributed by atoms with van der Waals surface area (Å²) in [5.41, 5.74) is 3.05. The van der Waals surface area contributed by atoms with Crippen LogP contribution in [0.25, 0.3) is 0 Å². The Labute approximate surface area is 103 Å². The van der Waals surface area contributed by atoms with Gasteiger partial charge in [0.1, 0.15) is 0 Å². The van der Waals surface area contributed by atoms with E-state index in [0.29, 0.717) is 0 Å². The van der Waals surface area contributed by atoms with Crippen molar-refractivity contribution < 1.29 is 0 Å². The third-order valence-electron chi connectivity index (χ3n) is 4.52. The Hall–Kier alpha value is -1.02. The molecule has 1 aromatic carbocycles. The van der Waals surface area contributed by atoms with E-state index in [9.17, 15) is 0 Å². The van der Waals surface area contributed by atoms with Crippen LogP contribution in [-0.4, -0.2) is 37.1 Å². The highest BCUT2D eigenvalue weighted by Gasteiger charge is 2.37. The molecule has 1 aromatic rings. The van der Waals surface area contributed by atoms with Crippen molar-refractivity contribution in [3.05, 3.63) is 29.8 Å². The zero-order valence-electron chi connectivity index (χ0n) is 10.3. The second-order valence-corrected chi connectivity index (χ2v) is 5.89. The van der Waals surface area contributed by atoms with E-state index in [2.05, 4.69) is 34.1 Å². The van der Waals surface area contributed by atoms with Gasteiger partial charge in [-0.1, -0.05) is 18.2 Å². The van der Waals surface area contributed by atoms with E-state index in [0.717, 1.165) is 12.0 Å². The Bertz CT molecular complexity index is 419. The van der Waals surface area contributed by atoms with E-state index >= 15 is 0 Å². The smallest absolute Gasteiger partial charge is 0.0544 e. The fourth-order valence-electron chi connectivity index (χ4n) is 3.30. The second-order valence-electron chi connectivity index (χ2n) is 5.89. The molecule has 2 heteroatoms. The molecule has 0 aromatic heterocycles. The van der Waals surface area contributed by atoms with Crippen molar-refractivity contribution in [3.63, 3.8) is 0 Å². The third kappa shape index (κ3) is 1.75. The van der Waals surface area contributed by atoms with Gasteiger partial charge in [-0.2, -0.15) is 0 Å². The van der Waals surface area contributed by atoms with Gasteiger partial charge in [-0.15, -0.1) is 0 Å². The van der Waals surface area contributed by atoms with Crippen molar-refractivity contribution in [3.8, 4) is 0 Å². The zero-order chi connectivity index (χ0) is 11.2. The van der Waals surface area contributed by atoms with Crippen LogP contribution in [0.1, 0.15) is 18.4 Å². The molecule has 2 fully saturated rings. The summed E-state index contributed by atoms with van der Waals surface area (Å²) in [5, 5.41) is 0. The fourth-order valence-corrected chi connectivity index (χ4v) is 3.30. The molecule has 0 N–H and O–H groups in total. The maximum absolute atomic E-state index is 2.64. The molecule has 0 atom stereocenters. The molecule has 2 heterocycles. The van der Waals surface area contributed by atoms with Crippen LogP contribution < -0.4 is 4.90 Å². The van der Waals surface area contributed by atoms with Crippen molar-refractivity contribution >= 4 is 5.69 Å². The molecule has 0 radical (unpaired) electrons. The molecule has 0 spiro atoms. The second kappa shape index (κ2) is 3.74. The summed E-state index contributed by atoms with van der Waals surface area (Å²) < 4.78 is 0. The summed E-state index contributed by atoms with van der Waals surface area (Å²) in [5.74, 6) is 1.04. The predicted octanol–water partition coefficient (Wildman–Crippen LogP) is 2.14. The number of rotatable bonds is 3. The van der Waals surface area contributed by atoms with Crippen LogP contribution in [0, 0.1) is 5.92 Å². The normalized spacial score (nSPS) is 24.8. The third-order valence-corrected chi connectivity index (χ3v) is 4.52. The van der Waals surface area contributed by atoms with E-state index in [-0.39, 0.29) is 0 Å². The van der Waals surface area contributed by atoms with E-state index < -0.39 is 0 Å². The molecule has 2 nitrogen and oxygen atoms in total. The predicted molar refractivity (Wildman–Crippen MR) is 70.4 cm³/mol. The number of anilines is 1. The molecule has 1 aliphatic carbocycles. The minimum Gasteiger partial charge on any atom is -0.365 e. The monoisotopic (exact) mass is 228 g/mol. The molecular weight excluding hydrogens is 208 g/mol. The first-order valence-electron chi connectivity index (χ1n) is 6.97. The van der Waals surface area contributed by atoms with Gasteiger partial charge in [-0.25, -0.2) is 0 Å². The first kappa shape index (κ1) is 9.95. The Balaban J connectivity index is 1.41. The average Bonchev–Trinajstić information content (AvgIpc) is 3.02. The van der Waals surface area contributed by atoms with E-state index in [1.54, 1.807) is 5.56 Å². The van der Waals surface area contributed by atoms with Crippen LogP contribution in [0.3, 0.4) is 0 Å². The molecular formula is C15H20N2. The molecule has 1 saturated carbocycles. The molecule has 2 aliphatic heterocycles. The average molecular weight is 228 g/mol. The Morgan fingerprint density at radius 2 is 1.94 bits per heavy atom. The van der Waals surface area contributed by atoms with Crippen LogP contribution >= 0.6 is 0 Å². The number of likely N-dealkylation sites (tertiary alicyclic amines) is 1. The van der Waals surface area contributed by atoms with Gasteiger partial charge in [0.2, 0.25) is 0 Å². The van der Waals surface area contributed by atoms with E-state index in [4.69, 9.17) is 0 Å². The number of fused-ring (bicyclic) bond motifs is 1. The van der Waals surface area contributed by atoms with Gasteiger partial charge in [0.15, 0.2) is 0 Å². The van der Waals surface area contributed by atoms with Crippen molar-refractivity contribution in [2.24, 2.45) is 5.92 Å². The summed E-state index contributed by atoms with van der Waals surface area (Å²) in [6, 6.07) is 9.72. The Morgan fingerprint density at radius 1 is 1.12 bits per heavy atom. The summed E-state index contributed by atoms with van der Waals surface area (Å²) in [6.45, 7) is 5.20. The number of nitrogens with zero attached hydrogens (tertiary/aromatic N) is 2.